The zero-order valence-corrected chi connectivity index (χ0v) is 14.4. The monoisotopic (exact) mass is 320 g/mol. The van der Waals surface area contributed by atoms with Crippen molar-refractivity contribution in [2.24, 2.45) is 0 Å². The van der Waals surface area contributed by atoms with Crippen molar-refractivity contribution in [2.75, 3.05) is 0 Å². The van der Waals surface area contributed by atoms with E-state index in [1.165, 1.54) is 6.92 Å². The van der Waals surface area contributed by atoms with Crippen LogP contribution in [-0.2, 0) is 4.79 Å². The molecule has 4 nitrogen and oxygen atoms in total. The number of aliphatic hydroxyl groups is 2. The van der Waals surface area contributed by atoms with Crippen LogP contribution in [0.2, 0.25) is 0 Å². The van der Waals surface area contributed by atoms with Gasteiger partial charge < -0.3 is 15.3 Å². The second-order valence-electron chi connectivity index (χ2n) is 5.89. The first-order valence-corrected chi connectivity index (χ1v) is 7.66. The number of carbonyl (C=O) groups is 1. The minimum atomic E-state index is -1.59. The molecule has 0 rings (SSSR count). The SMILES string of the molecule is CC(=CC=CC(C)=CCCCC(C)(O)O)C=C(C)C=CC(=O)O. The van der Waals surface area contributed by atoms with Gasteiger partial charge in [0.15, 0.2) is 5.79 Å². The summed E-state index contributed by atoms with van der Waals surface area (Å²) in [5.41, 5.74) is 3.01. The molecule has 0 saturated heterocycles. The lowest BCUT2D eigenvalue weighted by Gasteiger charge is -2.14. The zero-order valence-electron chi connectivity index (χ0n) is 14.4. The van der Waals surface area contributed by atoms with Crippen LogP contribution in [0.1, 0.15) is 47.0 Å². The highest BCUT2D eigenvalue weighted by Gasteiger charge is 2.12. The van der Waals surface area contributed by atoms with Gasteiger partial charge in [0.1, 0.15) is 0 Å². The molecule has 23 heavy (non-hydrogen) atoms. The summed E-state index contributed by atoms with van der Waals surface area (Å²) in [5.74, 6) is -2.54. The number of rotatable bonds is 9. The fraction of sp³-hybridized carbons (Fsp3) is 0.421. The van der Waals surface area contributed by atoms with Gasteiger partial charge in [0.25, 0.3) is 0 Å². The Balaban J connectivity index is 4.43. The fourth-order valence-electron chi connectivity index (χ4n) is 1.84. The highest BCUT2D eigenvalue weighted by atomic mass is 16.5. The number of carboxylic acid groups (broad SMARTS) is 1. The fourth-order valence-corrected chi connectivity index (χ4v) is 1.84. The van der Waals surface area contributed by atoms with E-state index in [0.717, 1.165) is 35.6 Å². The van der Waals surface area contributed by atoms with E-state index in [0.29, 0.717) is 6.42 Å². The summed E-state index contributed by atoms with van der Waals surface area (Å²) in [6.07, 6.45) is 14.4. The summed E-state index contributed by atoms with van der Waals surface area (Å²) < 4.78 is 0. The summed E-state index contributed by atoms with van der Waals surface area (Å²) in [5, 5.41) is 27.0. The lowest BCUT2D eigenvalue weighted by Crippen LogP contribution is -2.22. The highest BCUT2D eigenvalue weighted by molar-refractivity contribution is 5.80. The van der Waals surface area contributed by atoms with E-state index >= 15 is 0 Å². The van der Waals surface area contributed by atoms with Crippen LogP contribution in [-0.4, -0.2) is 27.1 Å². The average molecular weight is 320 g/mol. The van der Waals surface area contributed by atoms with Crippen LogP contribution >= 0.6 is 0 Å². The first-order chi connectivity index (χ1) is 10.6. The van der Waals surface area contributed by atoms with Crippen molar-refractivity contribution in [1.29, 1.82) is 0 Å². The van der Waals surface area contributed by atoms with E-state index in [1.807, 2.05) is 45.1 Å². The molecule has 0 atom stereocenters. The van der Waals surface area contributed by atoms with Crippen molar-refractivity contribution < 1.29 is 20.1 Å². The highest BCUT2D eigenvalue weighted by Crippen LogP contribution is 2.11. The smallest absolute Gasteiger partial charge is 0.328 e. The second kappa shape index (κ2) is 10.8. The number of carboxylic acids is 1. The Morgan fingerprint density at radius 1 is 1.00 bits per heavy atom. The van der Waals surface area contributed by atoms with Gasteiger partial charge in [-0.3, -0.25) is 0 Å². The zero-order chi connectivity index (χ0) is 17.9. The van der Waals surface area contributed by atoms with Crippen LogP contribution in [0.3, 0.4) is 0 Å². The molecule has 4 heteroatoms. The molecule has 0 aromatic heterocycles. The van der Waals surface area contributed by atoms with Crippen LogP contribution < -0.4 is 0 Å². The quantitative estimate of drug-likeness (QED) is 0.261. The molecule has 0 radical (unpaired) electrons. The minimum absolute atomic E-state index is 0.355. The van der Waals surface area contributed by atoms with E-state index in [-0.39, 0.29) is 0 Å². The standard InChI is InChI=1S/C19H28O4/c1-15(8-5-6-13-19(4,22)23)9-7-10-16(2)14-17(3)11-12-18(20)21/h7-12,14,22-23H,5-6,13H2,1-4H3,(H,20,21). The molecular formula is C19H28O4. The Morgan fingerprint density at radius 2 is 1.65 bits per heavy atom. The van der Waals surface area contributed by atoms with Crippen molar-refractivity contribution in [3.8, 4) is 0 Å². The van der Waals surface area contributed by atoms with Gasteiger partial charge in [-0.05, 0) is 40.5 Å². The lowest BCUT2D eigenvalue weighted by molar-refractivity contribution is -0.149. The van der Waals surface area contributed by atoms with Crippen LogP contribution in [0.5, 0.6) is 0 Å². The average Bonchev–Trinajstić information content (AvgIpc) is 2.40. The molecule has 0 spiro atoms. The molecule has 3 N–H and O–H groups in total. The number of unbranched alkanes of at least 4 members (excludes halogenated alkanes) is 1. The normalized spacial score (nSPS) is 15.0. The van der Waals surface area contributed by atoms with Gasteiger partial charge >= 0.3 is 5.97 Å². The Hall–Kier alpha value is -1.91. The van der Waals surface area contributed by atoms with Gasteiger partial charge in [0, 0.05) is 12.5 Å². The molecule has 0 unspecified atom stereocenters. The number of hydrogen-bond acceptors (Lipinski definition) is 3. The Morgan fingerprint density at radius 3 is 2.22 bits per heavy atom. The molecule has 0 amide bonds. The maximum absolute atomic E-state index is 10.4. The molecule has 0 heterocycles. The third-order valence-electron chi connectivity index (χ3n) is 2.98. The van der Waals surface area contributed by atoms with Crippen LogP contribution in [0.4, 0.5) is 0 Å². The van der Waals surface area contributed by atoms with E-state index < -0.39 is 11.8 Å². The van der Waals surface area contributed by atoms with Crippen molar-refractivity contribution >= 4 is 5.97 Å². The third-order valence-corrected chi connectivity index (χ3v) is 2.98. The molecule has 0 aromatic carbocycles. The van der Waals surface area contributed by atoms with Gasteiger partial charge in [0.2, 0.25) is 0 Å². The van der Waals surface area contributed by atoms with Gasteiger partial charge in [-0.15, -0.1) is 0 Å². The van der Waals surface area contributed by atoms with E-state index in [1.54, 1.807) is 6.08 Å². The Kier molecular flexibility index (Phi) is 9.86. The molecule has 0 aromatic rings. The molecular weight excluding hydrogens is 292 g/mol. The summed E-state index contributed by atoms with van der Waals surface area (Å²) in [6, 6.07) is 0. The largest absolute Gasteiger partial charge is 0.478 e. The Bertz CT molecular complexity index is 526. The molecule has 0 fully saturated rings. The Labute approximate surface area is 138 Å². The van der Waals surface area contributed by atoms with Crippen LogP contribution in [0, 0.1) is 0 Å². The number of aliphatic carboxylic acids is 1. The number of hydrogen-bond donors (Lipinski definition) is 3. The van der Waals surface area contributed by atoms with Crippen molar-refractivity contribution in [1.82, 2.24) is 0 Å². The van der Waals surface area contributed by atoms with E-state index in [2.05, 4.69) is 6.08 Å². The minimum Gasteiger partial charge on any atom is -0.478 e. The van der Waals surface area contributed by atoms with Gasteiger partial charge in [-0.25, -0.2) is 4.79 Å². The van der Waals surface area contributed by atoms with Crippen molar-refractivity contribution in [3.63, 3.8) is 0 Å². The van der Waals surface area contributed by atoms with Gasteiger partial charge in [0.05, 0.1) is 0 Å². The van der Waals surface area contributed by atoms with Gasteiger partial charge in [-0.1, -0.05) is 53.2 Å². The predicted molar refractivity (Wildman–Crippen MR) is 93.9 cm³/mol. The van der Waals surface area contributed by atoms with E-state index in [4.69, 9.17) is 5.11 Å². The van der Waals surface area contributed by atoms with Gasteiger partial charge in [-0.2, -0.15) is 0 Å². The van der Waals surface area contributed by atoms with Crippen LogP contribution in [0.15, 0.2) is 59.3 Å². The van der Waals surface area contributed by atoms with Crippen molar-refractivity contribution in [3.05, 3.63) is 59.3 Å². The van der Waals surface area contributed by atoms with Crippen molar-refractivity contribution in [2.45, 2.75) is 52.7 Å². The summed E-state index contributed by atoms with van der Waals surface area (Å²) in [6.45, 7) is 7.18. The first-order valence-electron chi connectivity index (χ1n) is 7.66. The summed E-state index contributed by atoms with van der Waals surface area (Å²) in [4.78, 5) is 10.4. The van der Waals surface area contributed by atoms with E-state index in [9.17, 15) is 15.0 Å². The maximum atomic E-state index is 10.4. The topological polar surface area (TPSA) is 77.8 Å². The predicted octanol–water partition coefficient (Wildman–Crippen LogP) is 3.89. The maximum Gasteiger partial charge on any atom is 0.328 e. The molecule has 0 saturated carbocycles. The number of allylic oxidation sites excluding steroid dienone is 9. The molecule has 0 aliphatic rings. The molecule has 0 aliphatic carbocycles. The summed E-state index contributed by atoms with van der Waals surface area (Å²) in [7, 11) is 0. The summed E-state index contributed by atoms with van der Waals surface area (Å²) >= 11 is 0. The first kappa shape index (κ1) is 21.1. The molecule has 128 valence electrons. The molecule has 0 bridgehead atoms. The van der Waals surface area contributed by atoms with Crippen LogP contribution in [0.25, 0.3) is 0 Å². The second-order valence-corrected chi connectivity index (χ2v) is 5.89. The lowest BCUT2D eigenvalue weighted by atomic mass is 10.1. The third kappa shape index (κ3) is 14.8. The molecule has 0 aliphatic heterocycles.